The topological polar surface area (TPSA) is 9.23 Å². The third-order valence-electron chi connectivity index (χ3n) is 7.65. The van der Waals surface area contributed by atoms with Crippen LogP contribution < -0.4 is 4.74 Å². The zero-order chi connectivity index (χ0) is 26.9. The van der Waals surface area contributed by atoms with E-state index in [1.54, 1.807) is 0 Å². The fourth-order valence-electron chi connectivity index (χ4n) is 5.17. The molecule has 2 rings (SSSR count). The summed E-state index contributed by atoms with van der Waals surface area (Å²) < 4.78 is 8.85. The molecule has 0 saturated carbocycles. The molecule has 0 saturated heterocycles. The molecule has 0 amide bonds. The number of hydrogen-bond acceptors (Lipinski definition) is 1. The average molecular weight is 637 g/mol. The first-order chi connectivity index (χ1) is 17.9. The molecule has 2 aromatic carbocycles. The highest BCUT2D eigenvalue weighted by molar-refractivity contribution is 9.10. The summed E-state index contributed by atoms with van der Waals surface area (Å²) in [5, 5.41) is 0. The third kappa shape index (κ3) is 13.7. The van der Waals surface area contributed by atoms with Crippen LogP contribution in [0.2, 0.25) is 0 Å². The first kappa shape index (κ1) is 32.4. The molecule has 0 aromatic heterocycles. The molecule has 2 unspecified atom stereocenters. The maximum absolute atomic E-state index is 6.59. The van der Waals surface area contributed by atoms with Crippen LogP contribution in [0.5, 0.6) is 11.5 Å². The Bertz CT molecular complexity index is 807. The number of rotatable bonds is 20. The Kier molecular flexibility index (Phi) is 16.9. The number of hydrogen-bond donors (Lipinski definition) is 0. The van der Waals surface area contributed by atoms with E-state index in [4.69, 9.17) is 4.74 Å². The monoisotopic (exact) mass is 634 g/mol. The van der Waals surface area contributed by atoms with Gasteiger partial charge < -0.3 is 4.74 Å². The van der Waals surface area contributed by atoms with Crippen LogP contribution in [0.25, 0.3) is 0 Å². The van der Waals surface area contributed by atoms with Crippen LogP contribution >= 0.6 is 31.9 Å². The number of aryl methyl sites for hydroxylation is 2. The van der Waals surface area contributed by atoms with Crippen molar-refractivity contribution in [2.24, 2.45) is 11.8 Å². The molecule has 0 aliphatic carbocycles. The fraction of sp³-hybridized carbons (Fsp3) is 0.647. The molecule has 0 N–H and O–H groups in total. The van der Waals surface area contributed by atoms with E-state index in [-0.39, 0.29) is 0 Å². The molecule has 0 fully saturated rings. The van der Waals surface area contributed by atoms with Crippen molar-refractivity contribution in [2.45, 2.75) is 130 Å². The predicted octanol–water partition coefficient (Wildman–Crippen LogP) is 12.9. The minimum absolute atomic E-state index is 0.866. The molecule has 37 heavy (non-hydrogen) atoms. The summed E-state index contributed by atoms with van der Waals surface area (Å²) in [6, 6.07) is 13.0. The van der Waals surface area contributed by atoms with Gasteiger partial charge in [-0.15, -0.1) is 0 Å². The van der Waals surface area contributed by atoms with Gasteiger partial charge in [0.25, 0.3) is 0 Å². The number of ether oxygens (including phenoxy) is 1. The van der Waals surface area contributed by atoms with Crippen LogP contribution in [-0.2, 0) is 12.8 Å². The van der Waals surface area contributed by atoms with Crippen molar-refractivity contribution in [1.82, 2.24) is 0 Å². The van der Waals surface area contributed by atoms with Crippen LogP contribution in [0.4, 0.5) is 0 Å². The lowest BCUT2D eigenvalue weighted by molar-refractivity contribution is 0.441. The van der Waals surface area contributed by atoms with Gasteiger partial charge in [0.2, 0.25) is 0 Å². The molecule has 0 spiro atoms. The van der Waals surface area contributed by atoms with Gasteiger partial charge in [0, 0.05) is 8.95 Å². The minimum atomic E-state index is 0.866. The van der Waals surface area contributed by atoms with E-state index in [0.717, 1.165) is 45.1 Å². The lowest BCUT2D eigenvalue weighted by Crippen LogP contribution is -1.98. The van der Waals surface area contributed by atoms with Gasteiger partial charge >= 0.3 is 0 Å². The molecule has 0 aliphatic heterocycles. The third-order valence-corrected chi connectivity index (χ3v) is 8.64. The van der Waals surface area contributed by atoms with Crippen molar-refractivity contribution in [3.63, 3.8) is 0 Å². The van der Waals surface area contributed by atoms with E-state index in [0.29, 0.717) is 0 Å². The predicted molar refractivity (Wildman–Crippen MR) is 170 cm³/mol. The quantitative estimate of drug-likeness (QED) is 0.131. The Morgan fingerprint density at radius 3 is 1.38 bits per heavy atom. The SMILES string of the molecule is CCCCC(C)CCCCCc1cc(Br)ccc1Oc1ccc(Br)cc1CCCCCC(C)CCCC. The van der Waals surface area contributed by atoms with Crippen molar-refractivity contribution in [1.29, 1.82) is 0 Å². The smallest absolute Gasteiger partial charge is 0.130 e. The van der Waals surface area contributed by atoms with Crippen molar-refractivity contribution in [3.05, 3.63) is 56.5 Å². The van der Waals surface area contributed by atoms with Crippen molar-refractivity contribution in [2.75, 3.05) is 0 Å². The van der Waals surface area contributed by atoms with Gasteiger partial charge in [-0.3, -0.25) is 0 Å². The van der Waals surface area contributed by atoms with Gasteiger partial charge in [0.15, 0.2) is 0 Å². The highest BCUT2D eigenvalue weighted by atomic mass is 79.9. The molecule has 0 heterocycles. The summed E-state index contributed by atoms with van der Waals surface area (Å²) in [5.74, 6) is 3.75. The van der Waals surface area contributed by atoms with E-state index in [9.17, 15) is 0 Å². The molecule has 2 atom stereocenters. The summed E-state index contributed by atoms with van der Waals surface area (Å²) in [7, 11) is 0. The largest absolute Gasteiger partial charge is 0.457 e. The van der Waals surface area contributed by atoms with Crippen LogP contribution in [-0.4, -0.2) is 0 Å². The number of benzene rings is 2. The van der Waals surface area contributed by atoms with Crippen molar-refractivity contribution < 1.29 is 4.74 Å². The fourth-order valence-corrected chi connectivity index (χ4v) is 5.99. The normalized spacial score (nSPS) is 13.0. The average Bonchev–Trinajstić information content (AvgIpc) is 2.88. The Balaban J connectivity index is 1.90. The van der Waals surface area contributed by atoms with Gasteiger partial charge in [-0.25, -0.2) is 0 Å². The molecule has 0 aliphatic rings. The molecule has 0 radical (unpaired) electrons. The molecule has 1 nitrogen and oxygen atoms in total. The lowest BCUT2D eigenvalue weighted by atomic mass is 9.96. The van der Waals surface area contributed by atoms with Crippen LogP contribution in [0.1, 0.15) is 129 Å². The number of halogens is 2. The van der Waals surface area contributed by atoms with Gasteiger partial charge in [-0.2, -0.15) is 0 Å². The molecular formula is C34H52Br2O. The van der Waals surface area contributed by atoms with Crippen LogP contribution in [0, 0.1) is 11.8 Å². The Labute approximate surface area is 245 Å². The van der Waals surface area contributed by atoms with Gasteiger partial charge in [-0.05, 0) is 85.0 Å². The van der Waals surface area contributed by atoms with Crippen molar-refractivity contribution in [3.8, 4) is 11.5 Å². The van der Waals surface area contributed by atoms with E-state index < -0.39 is 0 Å². The first-order valence-electron chi connectivity index (χ1n) is 15.2. The van der Waals surface area contributed by atoms with Gasteiger partial charge in [0.05, 0.1) is 0 Å². The van der Waals surface area contributed by atoms with Gasteiger partial charge in [0.1, 0.15) is 11.5 Å². The Morgan fingerprint density at radius 2 is 0.973 bits per heavy atom. The summed E-state index contributed by atoms with van der Waals surface area (Å²) in [6.45, 7) is 9.41. The molecular weight excluding hydrogens is 584 g/mol. The highest BCUT2D eigenvalue weighted by Gasteiger charge is 2.11. The maximum Gasteiger partial charge on any atom is 0.130 e. The lowest BCUT2D eigenvalue weighted by Gasteiger charge is -2.16. The Morgan fingerprint density at radius 1 is 0.568 bits per heavy atom. The second-order valence-corrected chi connectivity index (χ2v) is 13.1. The molecule has 2 aromatic rings. The second kappa shape index (κ2) is 19.3. The highest BCUT2D eigenvalue weighted by Crippen LogP contribution is 2.33. The van der Waals surface area contributed by atoms with E-state index in [2.05, 4.69) is 96.0 Å². The van der Waals surface area contributed by atoms with E-state index in [1.807, 2.05) is 0 Å². The molecule has 0 bridgehead atoms. The van der Waals surface area contributed by atoms with E-state index >= 15 is 0 Å². The zero-order valence-electron chi connectivity index (χ0n) is 24.1. The molecule has 3 heteroatoms. The van der Waals surface area contributed by atoms with Crippen LogP contribution in [0.3, 0.4) is 0 Å². The van der Waals surface area contributed by atoms with Crippen LogP contribution in [0.15, 0.2) is 45.3 Å². The number of unbranched alkanes of at least 4 members (excludes halogenated alkanes) is 6. The summed E-state index contributed by atoms with van der Waals surface area (Å²) >= 11 is 7.36. The first-order valence-corrected chi connectivity index (χ1v) is 16.8. The summed E-state index contributed by atoms with van der Waals surface area (Å²) in [4.78, 5) is 0. The Hall–Kier alpha value is -0.800. The zero-order valence-corrected chi connectivity index (χ0v) is 27.3. The maximum atomic E-state index is 6.59. The summed E-state index contributed by atoms with van der Waals surface area (Å²) in [6.07, 6.45) is 20.7. The van der Waals surface area contributed by atoms with Gasteiger partial charge in [-0.1, -0.05) is 137 Å². The van der Waals surface area contributed by atoms with Crippen molar-refractivity contribution >= 4 is 31.9 Å². The van der Waals surface area contributed by atoms with E-state index in [1.165, 1.54) is 101 Å². The second-order valence-electron chi connectivity index (χ2n) is 11.3. The minimum Gasteiger partial charge on any atom is -0.457 e. The molecule has 208 valence electrons. The standard InChI is InChI=1S/C34H52Br2O/c1-5-7-15-27(3)17-11-9-13-19-29-25-31(35)21-23-33(29)37-34-24-22-32(36)26-30(34)20-14-10-12-18-28(4)16-8-6-2/h21-28H,5-20H2,1-4H3. The summed E-state index contributed by atoms with van der Waals surface area (Å²) in [5.41, 5.74) is 2.62.